The summed E-state index contributed by atoms with van der Waals surface area (Å²) in [5.41, 5.74) is 1.46. The van der Waals surface area contributed by atoms with Crippen LogP contribution in [0.4, 0.5) is 0 Å². The van der Waals surface area contributed by atoms with E-state index in [0.29, 0.717) is 5.92 Å². The van der Waals surface area contributed by atoms with Crippen molar-refractivity contribution in [2.24, 2.45) is 5.92 Å². The zero-order valence-electron chi connectivity index (χ0n) is 27.5. The summed E-state index contributed by atoms with van der Waals surface area (Å²) in [5, 5.41) is 8.76. The predicted octanol–water partition coefficient (Wildman–Crippen LogP) is 9.20. The third-order valence-electron chi connectivity index (χ3n) is 8.87. The molecule has 240 valence electrons. The molecule has 47 heavy (non-hydrogen) atoms. The zero-order valence-corrected chi connectivity index (χ0v) is 30.4. The molecule has 0 aliphatic heterocycles. The van der Waals surface area contributed by atoms with Crippen LogP contribution in [0.2, 0.25) is 0 Å². The van der Waals surface area contributed by atoms with E-state index in [1.165, 1.54) is 57.8 Å². The molecule has 1 nitrogen and oxygen atoms in total. The van der Waals surface area contributed by atoms with Gasteiger partial charge in [-0.15, -0.1) is 0 Å². The van der Waals surface area contributed by atoms with Crippen molar-refractivity contribution in [2.75, 3.05) is 14.1 Å². The van der Waals surface area contributed by atoms with Gasteiger partial charge >= 0.3 is 0 Å². The Morgan fingerprint density at radius 2 is 0.957 bits per heavy atom. The Kier molecular flexibility index (Phi) is 13.4. The van der Waals surface area contributed by atoms with Gasteiger partial charge in [-0.1, -0.05) is 164 Å². The second-order valence-electron chi connectivity index (χ2n) is 12.2. The van der Waals surface area contributed by atoms with Crippen molar-refractivity contribution in [1.29, 1.82) is 0 Å². The summed E-state index contributed by atoms with van der Waals surface area (Å²) in [4.78, 5) is 2.48. The fourth-order valence-corrected chi connectivity index (χ4v) is 12.1. The Morgan fingerprint density at radius 3 is 1.38 bits per heavy atom. The number of rotatable bonds is 9. The van der Waals surface area contributed by atoms with Gasteiger partial charge in [-0.3, -0.25) is 0 Å². The van der Waals surface area contributed by atoms with E-state index >= 15 is 0 Å². The molecule has 0 amide bonds. The number of allylic oxidation sites excluding steroid dienone is 3. The van der Waals surface area contributed by atoms with E-state index in [1.54, 1.807) is 5.31 Å². The molecule has 0 saturated heterocycles. The van der Waals surface area contributed by atoms with Crippen LogP contribution >= 0.6 is 15.8 Å². The molecule has 0 heterocycles. The summed E-state index contributed by atoms with van der Waals surface area (Å²) in [7, 11) is 3.24. The first kappa shape index (κ1) is 35.2. The van der Waals surface area contributed by atoms with Crippen LogP contribution in [0.1, 0.15) is 43.7 Å². The number of hydrogen-bond donors (Lipinski definition) is 0. The summed E-state index contributed by atoms with van der Waals surface area (Å²) in [6.07, 6.45) is 13.4. The van der Waals surface area contributed by atoms with Crippen molar-refractivity contribution in [3.05, 3.63) is 175 Å². The first-order valence-electron chi connectivity index (χ1n) is 16.6. The van der Waals surface area contributed by atoms with Crippen LogP contribution in [0.5, 0.6) is 0 Å². The first-order valence-corrected chi connectivity index (χ1v) is 19.3. The molecule has 1 unspecified atom stereocenters. The molecule has 7 rings (SSSR count). The van der Waals surface area contributed by atoms with Crippen LogP contribution in [-0.2, 0) is 17.1 Å². The van der Waals surface area contributed by atoms with Crippen molar-refractivity contribution in [3.8, 4) is 0 Å². The maximum atomic E-state index is 2.58. The molecule has 0 fully saturated rings. The van der Waals surface area contributed by atoms with E-state index in [9.17, 15) is 0 Å². The molecule has 0 bridgehead atoms. The average Bonchev–Trinajstić information content (AvgIpc) is 3.85. The summed E-state index contributed by atoms with van der Waals surface area (Å²) < 4.78 is 0. The van der Waals surface area contributed by atoms with E-state index in [4.69, 9.17) is 0 Å². The predicted molar refractivity (Wildman–Crippen MR) is 204 cm³/mol. The molecule has 2 atom stereocenters. The van der Waals surface area contributed by atoms with E-state index < -0.39 is 15.8 Å². The molecule has 5 aromatic rings. The number of benzene rings is 5. The third kappa shape index (κ3) is 8.69. The van der Waals surface area contributed by atoms with E-state index in [2.05, 4.69) is 183 Å². The molecule has 0 N–H and O–H groups in total. The molecule has 0 radical (unpaired) electrons. The average molecular weight is 694 g/mol. The van der Waals surface area contributed by atoms with Gasteiger partial charge in [0.2, 0.25) is 0 Å². The fraction of sp³-hybridized carbons (Fsp3) is 0.209. The van der Waals surface area contributed by atoms with Gasteiger partial charge in [0.1, 0.15) is 0 Å². The van der Waals surface area contributed by atoms with Gasteiger partial charge in [0.25, 0.3) is 0 Å². The normalized spacial score (nSPS) is 16.0. The van der Waals surface area contributed by atoms with Crippen LogP contribution in [0.3, 0.4) is 0 Å². The van der Waals surface area contributed by atoms with E-state index in [1.807, 2.05) is 0 Å². The maximum absolute atomic E-state index is 2.58. The minimum absolute atomic E-state index is 0. The molecular formula is C43H45FeNP2. The molecule has 0 aromatic heterocycles. The fourth-order valence-electron chi connectivity index (χ4n) is 6.85. The summed E-state index contributed by atoms with van der Waals surface area (Å²) in [6, 6.07) is 54.2. The van der Waals surface area contributed by atoms with Gasteiger partial charge in [-0.25, -0.2) is 0 Å². The van der Waals surface area contributed by atoms with Gasteiger partial charge in [-0.05, 0) is 99.4 Å². The van der Waals surface area contributed by atoms with Gasteiger partial charge < -0.3 is 4.90 Å². The van der Waals surface area contributed by atoms with Crippen LogP contribution < -0.4 is 26.5 Å². The maximum Gasteiger partial charge on any atom is 0.0417 e. The summed E-state index contributed by atoms with van der Waals surface area (Å²) >= 11 is 0. The molecular weight excluding hydrogens is 648 g/mol. The van der Waals surface area contributed by atoms with Crippen molar-refractivity contribution in [1.82, 2.24) is 4.90 Å². The van der Waals surface area contributed by atoms with E-state index in [-0.39, 0.29) is 23.1 Å². The summed E-state index contributed by atoms with van der Waals surface area (Å²) in [5.74, 6) is 0.445. The number of hydrogen-bond acceptors (Lipinski definition) is 1. The van der Waals surface area contributed by atoms with Gasteiger partial charge in [0, 0.05) is 29.0 Å². The van der Waals surface area contributed by atoms with Crippen molar-refractivity contribution in [2.45, 2.75) is 38.1 Å². The molecule has 5 aromatic carbocycles. The SMILES string of the molecule is C1=CCCC1.CN(C)C(c1ccccc1P(c1ccccc1)c1ccccc1)[C@@H]1CCC=C1P(c1ccccc1)c1ccccc1.[Fe]. The molecule has 0 spiro atoms. The second kappa shape index (κ2) is 17.9. The van der Waals surface area contributed by atoms with Crippen molar-refractivity contribution < 1.29 is 17.1 Å². The van der Waals surface area contributed by atoms with Gasteiger partial charge in [-0.2, -0.15) is 0 Å². The molecule has 2 aliphatic rings. The molecule has 0 saturated carbocycles. The standard InChI is InChI=1S/C38H37NP2.C5H8.Fe/c1-39(2)38(35-27-17-29-37(35)41(32-22-11-5-12-23-32)33-24-13-6-14-25-33)34-26-15-16-28-36(34)40(30-18-7-3-8-19-30)31-20-9-4-10-21-31;1-2-4-5-3-1;/h3-16,18-26,28-29,35,38H,17,27H2,1-2H3;1-2H,3-5H2;/t35-,38?;;/m1../s1. The van der Waals surface area contributed by atoms with Gasteiger partial charge in [0.15, 0.2) is 0 Å². The minimum atomic E-state index is -0.696. The Morgan fingerprint density at radius 1 is 0.532 bits per heavy atom. The third-order valence-corrected chi connectivity index (χ3v) is 14.0. The summed E-state index contributed by atoms with van der Waals surface area (Å²) in [6.45, 7) is 0. The Hall–Kier alpha value is -3.08. The topological polar surface area (TPSA) is 3.24 Å². The van der Waals surface area contributed by atoms with E-state index in [0.717, 1.165) is 6.42 Å². The van der Waals surface area contributed by atoms with Crippen molar-refractivity contribution >= 4 is 42.4 Å². The minimum Gasteiger partial charge on any atom is -0.302 e. The van der Waals surface area contributed by atoms with Crippen LogP contribution in [0, 0.1) is 5.92 Å². The van der Waals surface area contributed by atoms with Crippen molar-refractivity contribution in [3.63, 3.8) is 0 Å². The second-order valence-corrected chi connectivity index (χ2v) is 16.6. The molecule has 4 heteroatoms. The van der Waals surface area contributed by atoms with Crippen LogP contribution in [0.25, 0.3) is 0 Å². The monoisotopic (exact) mass is 693 g/mol. The smallest absolute Gasteiger partial charge is 0.0417 e. The van der Waals surface area contributed by atoms with Gasteiger partial charge in [0.05, 0.1) is 0 Å². The first-order chi connectivity index (χ1) is 22.7. The largest absolute Gasteiger partial charge is 0.302 e. The van der Waals surface area contributed by atoms with Crippen LogP contribution in [-0.4, -0.2) is 19.0 Å². The Labute approximate surface area is 295 Å². The zero-order chi connectivity index (χ0) is 31.6. The Bertz CT molecular complexity index is 1620. The van der Waals surface area contributed by atoms with Crippen LogP contribution in [0.15, 0.2) is 169 Å². The Balaban J connectivity index is 0.000000662. The number of nitrogens with zero attached hydrogens (tertiary/aromatic N) is 1. The quantitative estimate of drug-likeness (QED) is 0.0846. The molecule has 2 aliphatic carbocycles.